The highest BCUT2D eigenvalue weighted by atomic mass is 32.2. The Morgan fingerprint density at radius 3 is 0.373 bits per heavy atom. The molecular weight excluding hydrogens is 1630 g/mol. The number of methoxy groups -OCH3 is 22. The van der Waals surface area contributed by atoms with Gasteiger partial charge in [0, 0.05) is 156 Å². The SMILES string of the molecule is COC[C@H]1O[C@@H]2O[C@H]3[C@H](OC)[C@@H](OC)[C@@H](O[C@H]4[C@H](OC)[C@@H](OC)[C@@H](O[C@H]5[C@H](OC)[C@@H](OC)[C@@H](O[C@H]6[C@H](OC)[C@@H](OC)[C@@H](O[C@H]7[C@H](OC)[C@@H](OC)[C@@H](O[C@H]8[C@H](OC)[C@@H](OC)[C@@H](O[C@H]9[C@H](OC)[C@@H](OC)[C@@H](O[C@H]1[C@H](OC)[C@H]2OC)O[C@@H]9COC)O[C@@H]8COS(C)(=O)=O)O[C@@H]7COC)O[C@@H]6COC)O[C@@H]5COC)O[C@@H]4COS(C)(=O)=O)O[C@@H]3COC. The number of hydrogen-bond donors (Lipinski definition) is 0. The first kappa shape index (κ1) is 100. The molecule has 44 nitrogen and oxygen atoms in total. The minimum absolute atomic E-state index is 0.140. The minimum Gasteiger partial charge on any atom is -0.382 e. The van der Waals surface area contributed by atoms with Crippen LogP contribution in [0.3, 0.4) is 0 Å². The maximum absolute atomic E-state index is 13.1. The topological polar surface area (TPSA) is 437 Å². The van der Waals surface area contributed by atoms with Crippen molar-refractivity contribution in [2.24, 2.45) is 0 Å². The van der Waals surface area contributed by atoms with Crippen LogP contribution in [0.2, 0.25) is 0 Å². The Balaban J connectivity index is 1.15. The summed E-state index contributed by atoms with van der Waals surface area (Å²) in [7, 11) is 23.0. The van der Waals surface area contributed by atoms with Crippen molar-refractivity contribution in [3.05, 3.63) is 0 Å². The van der Waals surface area contributed by atoms with Gasteiger partial charge in [0.25, 0.3) is 20.2 Å². The molecule has 30 aliphatic rings. The van der Waals surface area contributed by atoms with Gasteiger partial charge in [0.05, 0.1) is 65.4 Å². The molecule has 30 rings (SSSR count). The van der Waals surface area contributed by atoms with Crippen LogP contribution in [-0.4, -0.2) is 484 Å². The zero-order valence-corrected chi connectivity index (χ0v) is 73.2. The molecule has 30 aliphatic heterocycles. The summed E-state index contributed by atoms with van der Waals surface area (Å²) in [6, 6.07) is 0. The van der Waals surface area contributed by atoms with Gasteiger partial charge in [0.1, 0.15) is 195 Å². The molecule has 0 aliphatic carbocycles. The molecule has 0 amide bonds. The Bertz CT molecular complexity index is 2880. The van der Waals surface area contributed by atoms with E-state index in [1.54, 1.807) is 0 Å². The zero-order valence-electron chi connectivity index (χ0n) is 71.5. The Kier molecular flexibility index (Phi) is 40.2. The first-order chi connectivity index (χ1) is 56.8. The third kappa shape index (κ3) is 23.1. The van der Waals surface area contributed by atoms with Gasteiger partial charge in [-0.1, -0.05) is 0 Å². The summed E-state index contributed by atoms with van der Waals surface area (Å²) >= 11 is 0. The van der Waals surface area contributed by atoms with E-state index in [1.165, 1.54) is 156 Å². The van der Waals surface area contributed by atoms with Crippen LogP contribution in [0.5, 0.6) is 0 Å². The highest BCUT2D eigenvalue weighted by Gasteiger charge is 2.63. The van der Waals surface area contributed by atoms with Crippen LogP contribution in [0.4, 0.5) is 0 Å². The summed E-state index contributed by atoms with van der Waals surface area (Å²) in [5.41, 5.74) is 0. The molecule has 30 saturated heterocycles. The molecule has 30 fully saturated rings. The van der Waals surface area contributed by atoms with Gasteiger partial charge >= 0.3 is 0 Å². The van der Waals surface area contributed by atoms with E-state index in [9.17, 15) is 16.8 Å². The van der Waals surface area contributed by atoms with Gasteiger partial charge in [-0.05, 0) is 0 Å². The fraction of sp³-hybridized carbons (Fsp3) is 1.00. The normalized spacial score (nSPS) is 44.6. The van der Waals surface area contributed by atoms with E-state index in [2.05, 4.69) is 0 Å². The van der Waals surface area contributed by atoms with Crippen molar-refractivity contribution in [2.75, 3.05) is 222 Å². The van der Waals surface area contributed by atoms with Gasteiger partial charge in [0.2, 0.25) is 0 Å². The lowest BCUT2D eigenvalue weighted by atomic mass is 9.94. The summed E-state index contributed by atoms with van der Waals surface area (Å²) in [5.74, 6) is 0. The van der Waals surface area contributed by atoms with E-state index in [1.807, 2.05) is 0 Å². The fourth-order valence-corrected chi connectivity index (χ4v) is 17.8. The molecule has 0 unspecified atom stereocenters. The first-order valence-corrected chi connectivity index (χ1v) is 42.0. The van der Waals surface area contributed by atoms with Gasteiger partial charge in [-0.25, -0.2) is 0 Å². The molecule has 118 heavy (non-hydrogen) atoms. The van der Waals surface area contributed by atoms with Crippen LogP contribution in [0.25, 0.3) is 0 Å². The molecule has 40 atom stereocenters. The van der Waals surface area contributed by atoms with Gasteiger partial charge in [-0.2, -0.15) is 16.8 Å². The van der Waals surface area contributed by atoms with Gasteiger partial charge in [0.15, 0.2) is 50.3 Å². The molecule has 692 valence electrons. The van der Waals surface area contributed by atoms with Crippen molar-refractivity contribution in [3.8, 4) is 0 Å². The summed E-state index contributed by atoms with van der Waals surface area (Å²) in [6.07, 6.45) is -47.0. The van der Waals surface area contributed by atoms with Gasteiger partial charge < -0.3 is 180 Å². The monoisotopic (exact) mass is 1760 g/mol. The van der Waals surface area contributed by atoms with E-state index < -0.39 is 279 Å². The fourth-order valence-electron chi connectivity index (χ4n) is 17.0. The molecule has 0 N–H and O–H groups in total. The zero-order chi connectivity index (χ0) is 86.0. The lowest BCUT2D eigenvalue weighted by molar-refractivity contribution is -0.409. The number of ether oxygens (including phenoxy) is 38. The molecule has 0 aromatic rings. The Morgan fingerprint density at radius 1 is 0.169 bits per heavy atom. The average Bonchev–Trinajstić information content (AvgIpc) is 0.757. The van der Waals surface area contributed by atoms with Crippen LogP contribution in [0.15, 0.2) is 0 Å². The van der Waals surface area contributed by atoms with Crippen molar-refractivity contribution < 1.29 is 205 Å². The van der Waals surface area contributed by atoms with Crippen molar-refractivity contribution in [1.82, 2.24) is 0 Å². The van der Waals surface area contributed by atoms with Crippen molar-refractivity contribution in [1.29, 1.82) is 0 Å². The highest BCUT2D eigenvalue weighted by molar-refractivity contribution is 7.86. The number of rotatable bonds is 34. The second-order valence-corrected chi connectivity index (χ2v) is 32.4. The largest absolute Gasteiger partial charge is 0.382 e. The molecule has 30 heterocycles. The molecule has 0 aromatic carbocycles. The van der Waals surface area contributed by atoms with Crippen LogP contribution >= 0.6 is 0 Å². The van der Waals surface area contributed by atoms with Gasteiger partial charge in [-0.15, -0.1) is 0 Å². The van der Waals surface area contributed by atoms with Crippen LogP contribution in [-0.2, 0) is 209 Å². The number of hydrogen-bond acceptors (Lipinski definition) is 44. The molecular formula is C72H128O44S2. The lowest BCUT2D eigenvalue weighted by Crippen LogP contribution is -2.70. The lowest BCUT2D eigenvalue weighted by Gasteiger charge is -2.53. The van der Waals surface area contributed by atoms with E-state index in [4.69, 9.17) is 188 Å². The first-order valence-electron chi connectivity index (χ1n) is 38.4. The molecule has 16 bridgehead atoms. The summed E-state index contributed by atoms with van der Waals surface area (Å²) in [5, 5.41) is 0. The minimum atomic E-state index is -4.20. The smallest absolute Gasteiger partial charge is 0.264 e. The molecule has 46 heteroatoms. The average molecular weight is 1760 g/mol. The van der Waals surface area contributed by atoms with Gasteiger partial charge in [-0.3, -0.25) is 8.37 Å². The Morgan fingerprint density at radius 2 is 0.280 bits per heavy atom. The quantitative estimate of drug-likeness (QED) is 0.0578. The van der Waals surface area contributed by atoms with E-state index >= 15 is 0 Å². The van der Waals surface area contributed by atoms with Crippen molar-refractivity contribution in [3.63, 3.8) is 0 Å². The maximum Gasteiger partial charge on any atom is 0.264 e. The predicted molar refractivity (Wildman–Crippen MR) is 394 cm³/mol. The van der Waals surface area contributed by atoms with Crippen molar-refractivity contribution in [2.45, 2.75) is 246 Å². The van der Waals surface area contributed by atoms with Crippen LogP contribution in [0.1, 0.15) is 0 Å². The summed E-state index contributed by atoms with van der Waals surface area (Å²) < 4.78 is 309. The van der Waals surface area contributed by atoms with Crippen LogP contribution < -0.4 is 0 Å². The highest BCUT2D eigenvalue weighted by Crippen LogP contribution is 2.44. The van der Waals surface area contributed by atoms with E-state index in [0.717, 1.165) is 12.5 Å². The maximum atomic E-state index is 13.1. The van der Waals surface area contributed by atoms with Crippen LogP contribution in [0, 0.1) is 0 Å². The summed E-state index contributed by atoms with van der Waals surface area (Å²) in [4.78, 5) is 0. The Labute approximate surface area is 690 Å². The molecule has 0 aromatic heterocycles. The second-order valence-electron chi connectivity index (χ2n) is 29.1. The molecule has 0 saturated carbocycles. The molecule has 0 radical (unpaired) electrons. The molecule has 0 spiro atoms. The third-order valence-electron chi connectivity index (χ3n) is 22.3. The van der Waals surface area contributed by atoms with E-state index in [-0.39, 0.29) is 39.6 Å². The third-order valence-corrected chi connectivity index (χ3v) is 23.4. The van der Waals surface area contributed by atoms with E-state index in [0.29, 0.717) is 0 Å². The Hall–Kier alpha value is -1.70. The standard InChI is InChI=1S/C72H128O44S2/c1-77-25-33-41-49(83-7)57(91-15)65(101-33)111-43-35(27-79-3)105-69(61(95-19)51(43)85-9)115-47-39(31-99-117(23,73)74)108-72(64(98-22)55(47)89-13)114-46-38(30-82-6)104-68(60(94-18)54(46)88-12)110-42-34(26-78-2)102-66(58(92-16)50(42)84-8)112-44-36(28-80-4)106-70(62(96-20)52(44)86-10)116-48-40(32-100-118(24,75)76)107-71(63(97-21)56(48)90-14)113-45-37(29-81-5)103-67(109-41)59(93-17)53(45)87-11/h33-72H,25-32H2,1-24H3/t33-,34-,35-,36-,37-,38-,39-,40-,41-,42-,43-,44-,45-,46-,47-,48-,49+,50+,51+,52+,53+,54+,55+,56+,57-,58-,59-,60-,61-,62-,63-,64-,65-,66-,67-,68-,69-,70-,71-,72-/m1/s1. The second kappa shape index (κ2) is 47.4. The predicted octanol–water partition coefficient (Wildman–Crippen LogP) is -3.05. The summed E-state index contributed by atoms with van der Waals surface area (Å²) in [6.45, 7) is -2.30. The van der Waals surface area contributed by atoms with Crippen molar-refractivity contribution >= 4 is 20.2 Å².